The van der Waals surface area contributed by atoms with E-state index in [4.69, 9.17) is 5.14 Å². The summed E-state index contributed by atoms with van der Waals surface area (Å²) in [4.78, 5) is 16.5. The average Bonchev–Trinajstić information content (AvgIpc) is 3.18. The van der Waals surface area contributed by atoms with Crippen molar-refractivity contribution in [3.05, 3.63) is 105 Å². The summed E-state index contributed by atoms with van der Waals surface area (Å²) in [5.41, 5.74) is 2.05. The Kier molecular flexibility index (Phi) is 6.56. The smallest absolute Gasteiger partial charge is 0.308 e. The van der Waals surface area contributed by atoms with Gasteiger partial charge >= 0.3 is 5.97 Å². The van der Waals surface area contributed by atoms with Crippen molar-refractivity contribution in [3.8, 4) is 11.3 Å². The first kappa shape index (κ1) is 23.7. The molecular weight excluding hydrogens is 482 g/mol. The molecule has 34 heavy (non-hydrogen) atoms. The van der Waals surface area contributed by atoms with Crippen LogP contribution in [0.4, 0.5) is 8.78 Å². The van der Waals surface area contributed by atoms with Crippen LogP contribution in [0.25, 0.3) is 11.3 Å². The minimum Gasteiger partial charge on any atom is -0.481 e. The second-order valence-corrected chi connectivity index (χ2v) is 10.2. The summed E-state index contributed by atoms with van der Waals surface area (Å²) in [5, 5.41) is 15.2. The lowest BCUT2D eigenvalue weighted by atomic mass is 9.91. The van der Waals surface area contributed by atoms with Crippen LogP contribution >= 0.6 is 11.3 Å². The number of nitrogens with two attached hydrogens (primary N) is 1. The Hall–Kier alpha value is -3.47. The summed E-state index contributed by atoms with van der Waals surface area (Å²) < 4.78 is 50.8. The van der Waals surface area contributed by atoms with Crippen molar-refractivity contribution >= 4 is 27.3 Å². The second kappa shape index (κ2) is 9.41. The van der Waals surface area contributed by atoms with E-state index in [9.17, 15) is 27.1 Å². The van der Waals surface area contributed by atoms with E-state index in [-0.39, 0.29) is 11.3 Å². The normalized spacial score (nSPS) is 11.6. The number of benzene rings is 3. The van der Waals surface area contributed by atoms with Crippen LogP contribution in [-0.2, 0) is 21.2 Å². The maximum Gasteiger partial charge on any atom is 0.308 e. The Morgan fingerprint density at radius 3 is 2.03 bits per heavy atom. The molecule has 174 valence electrons. The van der Waals surface area contributed by atoms with Gasteiger partial charge in [0.1, 0.15) is 16.6 Å². The molecule has 0 aliphatic heterocycles. The first-order chi connectivity index (χ1) is 16.1. The predicted molar refractivity (Wildman–Crippen MR) is 124 cm³/mol. The van der Waals surface area contributed by atoms with Gasteiger partial charge in [0.15, 0.2) is 0 Å². The molecule has 0 amide bonds. The Balaban J connectivity index is 1.91. The van der Waals surface area contributed by atoms with Crippen molar-refractivity contribution in [2.45, 2.75) is 17.2 Å². The summed E-state index contributed by atoms with van der Waals surface area (Å²) in [7, 11) is -3.98. The molecule has 10 heteroatoms. The molecule has 0 unspecified atom stereocenters. The molecular formula is C24H18F2N2O4S2. The number of rotatable bonds is 7. The number of hydrogen-bond acceptors (Lipinski definition) is 5. The zero-order chi connectivity index (χ0) is 24.5. The third kappa shape index (κ3) is 5.19. The van der Waals surface area contributed by atoms with Crippen LogP contribution in [0.5, 0.6) is 0 Å². The third-order valence-corrected chi connectivity index (χ3v) is 7.15. The largest absolute Gasteiger partial charge is 0.481 e. The van der Waals surface area contributed by atoms with E-state index >= 15 is 0 Å². The average molecular weight is 501 g/mol. The van der Waals surface area contributed by atoms with Gasteiger partial charge < -0.3 is 5.11 Å². The molecule has 0 aliphatic carbocycles. The van der Waals surface area contributed by atoms with Crippen molar-refractivity contribution in [3.63, 3.8) is 0 Å². The molecule has 4 rings (SSSR count). The Bertz CT molecular complexity index is 1410. The topological polar surface area (TPSA) is 110 Å². The lowest BCUT2D eigenvalue weighted by molar-refractivity contribution is -0.136. The van der Waals surface area contributed by atoms with Gasteiger partial charge in [-0.2, -0.15) is 0 Å². The summed E-state index contributed by atoms with van der Waals surface area (Å²) in [5.74, 6) is -2.46. The van der Waals surface area contributed by atoms with Crippen LogP contribution < -0.4 is 5.14 Å². The van der Waals surface area contributed by atoms with Crippen LogP contribution in [0.2, 0.25) is 0 Å². The fraction of sp³-hybridized carbons (Fsp3) is 0.0833. The van der Waals surface area contributed by atoms with Gasteiger partial charge in [0.25, 0.3) is 0 Å². The van der Waals surface area contributed by atoms with Crippen LogP contribution in [-0.4, -0.2) is 24.5 Å². The van der Waals surface area contributed by atoms with Gasteiger partial charge in [0.2, 0.25) is 10.0 Å². The lowest BCUT2D eigenvalue weighted by Gasteiger charge is -2.16. The number of aliphatic carboxylic acids is 1. The maximum absolute atomic E-state index is 13.6. The van der Waals surface area contributed by atoms with E-state index in [1.165, 1.54) is 42.5 Å². The van der Waals surface area contributed by atoms with E-state index in [1.54, 1.807) is 30.3 Å². The molecule has 0 bridgehead atoms. The third-order valence-electron chi connectivity index (χ3n) is 5.12. The summed E-state index contributed by atoms with van der Waals surface area (Å²) in [6.45, 7) is 0. The number of primary sulfonamides is 1. The quantitative estimate of drug-likeness (QED) is 0.387. The number of aromatic nitrogens is 1. The van der Waals surface area contributed by atoms with Gasteiger partial charge in [-0.1, -0.05) is 36.4 Å². The van der Waals surface area contributed by atoms with Crippen LogP contribution in [0.15, 0.2) is 77.7 Å². The molecule has 1 heterocycles. The highest BCUT2D eigenvalue weighted by Crippen LogP contribution is 2.39. The van der Waals surface area contributed by atoms with Crippen molar-refractivity contribution in [1.29, 1.82) is 0 Å². The Morgan fingerprint density at radius 1 is 0.971 bits per heavy atom. The van der Waals surface area contributed by atoms with Crippen LogP contribution in [0.1, 0.15) is 26.9 Å². The van der Waals surface area contributed by atoms with Gasteiger partial charge in [0, 0.05) is 10.4 Å². The number of sulfonamides is 1. The van der Waals surface area contributed by atoms with E-state index in [0.717, 1.165) is 11.3 Å². The first-order valence-electron chi connectivity index (χ1n) is 9.97. The zero-order valence-electron chi connectivity index (χ0n) is 17.5. The molecule has 0 spiro atoms. The SMILES string of the molecule is NS(=O)(=O)c1cccc(-c2nc(C(c3ccc(F)cc3)c3ccc(F)cc3)sc2CC(=O)O)c1. The minimum atomic E-state index is -3.98. The van der Waals surface area contributed by atoms with E-state index < -0.39 is 33.5 Å². The van der Waals surface area contributed by atoms with E-state index in [0.29, 0.717) is 32.3 Å². The number of nitrogens with zero attached hydrogens (tertiary/aromatic N) is 1. The summed E-state index contributed by atoms with van der Waals surface area (Å²) in [6.07, 6.45) is -0.341. The molecule has 0 saturated heterocycles. The number of carbonyl (C=O) groups is 1. The molecule has 6 nitrogen and oxygen atoms in total. The second-order valence-electron chi connectivity index (χ2n) is 7.50. The fourth-order valence-electron chi connectivity index (χ4n) is 3.58. The lowest BCUT2D eigenvalue weighted by Crippen LogP contribution is -2.12. The van der Waals surface area contributed by atoms with Gasteiger partial charge in [-0.05, 0) is 47.5 Å². The Morgan fingerprint density at radius 2 is 1.53 bits per heavy atom. The first-order valence-corrected chi connectivity index (χ1v) is 12.3. The standard InChI is InChI=1S/C24H18F2N2O4S2/c25-17-8-4-14(5-9-17)22(15-6-10-18(26)11-7-15)24-28-23(20(33-24)13-21(29)30)16-2-1-3-19(12-16)34(27,31)32/h1-12,22H,13H2,(H,29,30)(H2,27,31,32). The van der Waals surface area contributed by atoms with Crippen molar-refractivity contribution in [1.82, 2.24) is 4.98 Å². The predicted octanol–water partition coefficient (Wildman–Crippen LogP) is 4.54. The Labute approximate surface area is 198 Å². The number of thiazole rings is 1. The highest BCUT2D eigenvalue weighted by molar-refractivity contribution is 7.89. The number of halogens is 2. The highest BCUT2D eigenvalue weighted by atomic mass is 32.2. The van der Waals surface area contributed by atoms with Crippen molar-refractivity contribution in [2.75, 3.05) is 0 Å². The van der Waals surface area contributed by atoms with Crippen molar-refractivity contribution in [2.24, 2.45) is 5.14 Å². The molecule has 0 atom stereocenters. The molecule has 3 aromatic carbocycles. The summed E-state index contributed by atoms with van der Waals surface area (Å²) >= 11 is 1.14. The molecule has 0 saturated carbocycles. The van der Waals surface area contributed by atoms with Gasteiger partial charge in [-0.25, -0.2) is 27.3 Å². The highest BCUT2D eigenvalue weighted by Gasteiger charge is 2.25. The molecule has 3 N–H and O–H groups in total. The van der Waals surface area contributed by atoms with Crippen LogP contribution in [0.3, 0.4) is 0 Å². The van der Waals surface area contributed by atoms with Gasteiger partial charge in [-0.3, -0.25) is 4.79 Å². The summed E-state index contributed by atoms with van der Waals surface area (Å²) in [6, 6.07) is 17.3. The van der Waals surface area contributed by atoms with Gasteiger partial charge in [-0.15, -0.1) is 11.3 Å². The van der Waals surface area contributed by atoms with Crippen LogP contribution in [0, 0.1) is 11.6 Å². The monoisotopic (exact) mass is 500 g/mol. The van der Waals surface area contributed by atoms with Gasteiger partial charge in [0.05, 0.1) is 22.9 Å². The minimum absolute atomic E-state index is 0.130. The van der Waals surface area contributed by atoms with Crippen molar-refractivity contribution < 1.29 is 27.1 Å². The van der Waals surface area contributed by atoms with E-state index in [1.807, 2.05) is 0 Å². The molecule has 0 aliphatic rings. The number of hydrogen-bond donors (Lipinski definition) is 2. The fourth-order valence-corrected chi connectivity index (χ4v) is 5.38. The van der Waals surface area contributed by atoms with E-state index in [2.05, 4.69) is 4.98 Å². The molecule has 0 fully saturated rings. The molecule has 0 radical (unpaired) electrons. The number of carboxylic acids is 1. The maximum atomic E-state index is 13.6. The molecule has 1 aromatic heterocycles. The zero-order valence-corrected chi connectivity index (χ0v) is 19.1. The number of carboxylic acid groups (broad SMARTS) is 1. The molecule has 4 aromatic rings.